The number of carboxylic acid groups (broad SMARTS) is 1. The maximum Gasteiger partial charge on any atom is 0.354 e. The van der Waals surface area contributed by atoms with Crippen molar-refractivity contribution in [1.29, 1.82) is 0 Å². The van der Waals surface area contributed by atoms with Crippen molar-refractivity contribution in [1.82, 2.24) is 9.97 Å². The zero-order valence-electron chi connectivity index (χ0n) is 9.26. The summed E-state index contributed by atoms with van der Waals surface area (Å²) in [5, 5.41) is 11.8. The number of halogens is 1. The first-order valence-electron chi connectivity index (χ1n) is 5.19. The molecule has 2 N–H and O–H groups in total. The van der Waals surface area contributed by atoms with E-state index in [-0.39, 0.29) is 5.69 Å². The van der Waals surface area contributed by atoms with Gasteiger partial charge in [0.2, 0.25) is 5.95 Å². The van der Waals surface area contributed by atoms with Crippen LogP contribution in [0, 0.1) is 0 Å². The van der Waals surface area contributed by atoms with Gasteiger partial charge in [-0.05, 0) is 40.5 Å². The third kappa shape index (κ3) is 3.51. The molecule has 0 aliphatic carbocycles. The Morgan fingerprint density at radius 1 is 1.44 bits per heavy atom. The summed E-state index contributed by atoms with van der Waals surface area (Å²) >= 11 is 5.08. The van der Waals surface area contributed by atoms with Gasteiger partial charge in [0.25, 0.3) is 0 Å². The molecule has 2 heterocycles. The van der Waals surface area contributed by atoms with E-state index in [1.165, 1.54) is 17.1 Å². The minimum Gasteiger partial charge on any atom is -0.477 e. The predicted molar refractivity (Wildman–Crippen MR) is 73.2 cm³/mol. The smallest absolute Gasteiger partial charge is 0.354 e. The molecule has 0 amide bonds. The van der Waals surface area contributed by atoms with Crippen molar-refractivity contribution in [3.05, 3.63) is 38.8 Å². The Hall–Kier alpha value is -1.47. The number of anilines is 1. The highest BCUT2D eigenvalue weighted by molar-refractivity contribution is 9.11. The summed E-state index contributed by atoms with van der Waals surface area (Å²) in [5.74, 6) is -0.715. The molecule has 0 saturated heterocycles. The molecule has 2 rings (SSSR count). The summed E-state index contributed by atoms with van der Waals surface area (Å²) in [6.45, 7) is 0.663. The van der Waals surface area contributed by atoms with Crippen LogP contribution in [0.1, 0.15) is 15.4 Å². The summed E-state index contributed by atoms with van der Waals surface area (Å²) in [6.07, 6.45) is 2.28. The molecular formula is C11H10BrN3O2S. The molecule has 0 aliphatic rings. The van der Waals surface area contributed by atoms with Gasteiger partial charge in [0.1, 0.15) is 0 Å². The number of nitrogens with zero attached hydrogens (tertiary/aromatic N) is 2. The summed E-state index contributed by atoms with van der Waals surface area (Å²) in [5.41, 5.74) is -0.00799. The molecule has 7 heteroatoms. The molecule has 2 aromatic rings. The van der Waals surface area contributed by atoms with Crippen LogP contribution >= 0.6 is 27.3 Å². The number of nitrogens with one attached hydrogen (secondary N) is 1. The standard InChI is InChI=1S/C11H10BrN3O2S/c12-9-2-1-7(18-9)3-5-13-11-14-6-4-8(15-11)10(16)17/h1-2,4,6H,3,5H2,(H,16,17)(H,13,14,15). The molecule has 0 aliphatic heterocycles. The summed E-state index contributed by atoms with van der Waals surface area (Å²) in [7, 11) is 0. The van der Waals surface area contributed by atoms with Gasteiger partial charge in [-0.15, -0.1) is 11.3 Å². The number of hydrogen-bond acceptors (Lipinski definition) is 5. The molecule has 94 valence electrons. The van der Waals surface area contributed by atoms with E-state index in [1.807, 2.05) is 12.1 Å². The lowest BCUT2D eigenvalue weighted by Gasteiger charge is -2.03. The lowest BCUT2D eigenvalue weighted by atomic mass is 10.3. The highest BCUT2D eigenvalue weighted by atomic mass is 79.9. The number of rotatable bonds is 5. The highest BCUT2D eigenvalue weighted by Gasteiger charge is 2.05. The first kappa shape index (κ1) is 13.0. The van der Waals surface area contributed by atoms with Gasteiger partial charge in [0.15, 0.2) is 5.69 Å². The van der Waals surface area contributed by atoms with Crippen molar-refractivity contribution < 1.29 is 9.90 Å². The van der Waals surface area contributed by atoms with Crippen LogP contribution in [0.4, 0.5) is 5.95 Å². The van der Waals surface area contributed by atoms with Gasteiger partial charge in [-0.2, -0.15) is 0 Å². The Bertz CT molecular complexity index is 559. The number of carbonyl (C=O) groups is 1. The van der Waals surface area contributed by atoms with Gasteiger partial charge < -0.3 is 10.4 Å². The van der Waals surface area contributed by atoms with Gasteiger partial charge in [-0.1, -0.05) is 0 Å². The lowest BCUT2D eigenvalue weighted by Crippen LogP contribution is -2.10. The van der Waals surface area contributed by atoms with Gasteiger partial charge in [-0.3, -0.25) is 0 Å². The molecule has 0 bridgehead atoms. The Morgan fingerprint density at radius 3 is 2.94 bits per heavy atom. The molecule has 0 unspecified atom stereocenters. The fourth-order valence-corrected chi connectivity index (χ4v) is 2.83. The Labute approximate surface area is 116 Å². The maximum absolute atomic E-state index is 10.7. The predicted octanol–water partition coefficient (Wildman–Crippen LogP) is 2.65. The molecule has 0 saturated carbocycles. The highest BCUT2D eigenvalue weighted by Crippen LogP contribution is 2.22. The van der Waals surface area contributed by atoms with Crippen LogP contribution in [0.5, 0.6) is 0 Å². The summed E-state index contributed by atoms with van der Waals surface area (Å²) in [6, 6.07) is 5.41. The molecule has 0 spiro atoms. The number of aromatic carboxylic acids is 1. The van der Waals surface area contributed by atoms with Crippen molar-refractivity contribution in [2.75, 3.05) is 11.9 Å². The van der Waals surface area contributed by atoms with Gasteiger partial charge in [-0.25, -0.2) is 14.8 Å². The zero-order valence-corrected chi connectivity index (χ0v) is 11.7. The van der Waals surface area contributed by atoms with Gasteiger partial charge in [0.05, 0.1) is 3.79 Å². The molecule has 0 atom stereocenters. The van der Waals surface area contributed by atoms with E-state index in [4.69, 9.17) is 5.11 Å². The van der Waals surface area contributed by atoms with Crippen molar-refractivity contribution >= 4 is 39.2 Å². The Balaban J connectivity index is 1.90. The first-order valence-corrected chi connectivity index (χ1v) is 6.80. The van der Waals surface area contributed by atoms with Crippen LogP contribution in [0.15, 0.2) is 28.2 Å². The van der Waals surface area contributed by atoms with Crippen LogP contribution in [-0.4, -0.2) is 27.6 Å². The van der Waals surface area contributed by atoms with Crippen molar-refractivity contribution in [2.24, 2.45) is 0 Å². The van der Waals surface area contributed by atoms with Gasteiger partial charge >= 0.3 is 5.97 Å². The van der Waals surface area contributed by atoms with Crippen LogP contribution in [0.2, 0.25) is 0 Å². The lowest BCUT2D eigenvalue weighted by molar-refractivity contribution is 0.0690. The molecular weight excluding hydrogens is 318 g/mol. The third-order valence-corrected chi connectivity index (χ3v) is 3.84. The third-order valence-electron chi connectivity index (χ3n) is 2.16. The SMILES string of the molecule is O=C(O)c1ccnc(NCCc2ccc(Br)s2)n1. The molecule has 5 nitrogen and oxygen atoms in total. The molecule has 2 aromatic heterocycles. The van der Waals surface area contributed by atoms with Crippen LogP contribution in [0.25, 0.3) is 0 Å². The zero-order chi connectivity index (χ0) is 13.0. The van der Waals surface area contributed by atoms with Crippen LogP contribution in [0.3, 0.4) is 0 Å². The normalized spacial score (nSPS) is 10.3. The molecule has 0 fully saturated rings. The minimum atomic E-state index is -1.05. The van der Waals surface area contributed by atoms with E-state index in [0.29, 0.717) is 12.5 Å². The largest absolute Gasteiger partial charge is 0.477 e. The van der Waals surface area contributed by atoms with Crippen molar-refractivity contribution in [3.63, 3.8) is 0 Å². The van der Waals surface area contributed by atoms with E-state index >= 15 is 0 Å². The van der Waals surface area contributed by atoms with Gasteiger partial charge in [0, 0.05) is 17.6 Å². The van der Waals surface area contributed by atoms with E-state index in [0.717, 1.165) is 10.2 Å². The Morgan fingerprint density at radius 2 is 2.28 bits per heavy atom. The summed E-state index contributed by atoms with van der Waals surface area (Å²) < 4.78 is 1.10. The average molecular weight is 328 g/mol. The van der Waals surface area contributed by atoms with E-state index in [9.17, 15) is 4.79 Å². The van der Waals surface area contributed by atoms with Crippen LogP contribution < -0.4 is 5.32 Å². The first-order chi connectivity index (χ1) is 8.65. The number of carboxylic acids is 1. The monoisotopic (exact) mass is 327 g/mol. The van der Waals surface area contributed by atoms with Crippen molar-refractivity contribution in [2.45, 2.75) is 6.42 Å². The number of aromatic nitrogens is 2. The number of thiophene rings is 1. The maximum atomic E-state index is 10.7. The minimum absolute atomic E-state index is 0.00799. The second-order valence-corrected chi connectivity index (χ2v) is 6.00. The van der Waals surface area contributed by atoms with E-state index in [1.54, 1.807) is 11.3 Å². The Kier molecular flexibility index (Phi) is 4.27. The average Bonchev–Trinajstić information content (AvgIpc) is 2.75. The van der Waals surface area contributed by atoms with E-state index < -0.39 is 5.97 Å². The van der Waals surface area contributed by atoms with E-state index in [2.05, 4.69) is 31.2 Å². The topological polar surface area (TPSA) is 75.1 Å². The second-order valence-electron chi connectivity index (χ2n) is 3.45. The molecule has 0 radical (unpaired) electrons. The molecule has 18 heavy (non-hydrogen) atoms. The fourth-order valence-electron chi connectivity index (χ4n) is 1.35. The quantitative estimate of drug-likeness (QED) is 0.883. The second kappa shape index (κ2) is 5.92. The van der Waals surface area contributed by atoms with Crippen molar-refractivity contribution in [3.8, 4) is 0 Å². The van der Waals surface area contributed by atoms with Crippen LogP contribution in [-0.2, 0) is 6.42 Å². The fraction of sp³-hybridized carbons (Fsp3) is 0.182. The molecule has 0 aromatic carbocycles. The summed E-state index contributed by atoms with van der Waals surface area (Å²) in [4.78, 5) is 19.8. The number of hydrogen-bond donors (Lipinski definition) is 2.